The zero-order valence-corrected chi connectivity index (χ0v) is 28.7. The van der Waals surface area contributed by atoms with Gasteiger partial charge in [0.2, 0.25) is 0 Å². The fourth-order valence-electron chi connectivity index (χ4n) is 4.95. The minimum absolute atomic E-state index is 0.0872. The maximum Gasteiger partial charge on any atom is 0.306 e. The van der Waals surface area contributed by atoms with Crippen LogP contribution < -0.4 is 0 Å². The van der Waals surface area contributed by atoms with Crippen molar-refractivity contribution in [2.24, 2.45) is 5.92 Å². The predicted octanol–water partition coefficient (Wildman–Crippen LogP) is 9.72. The third-order valence-electron chi connectivity index (χ3n) is 7.71. The van der Waals surface area contributed by atoms with Crippen LogP contribution in [0.3, 0.4) is 0 Å². The molecule has 0 aliphatic carbocycles. The van der Waals surface area contributed by atoms with Crippen LogP contribution in [0.25, 0.3) is 0 Å². The quantitative estimate of drug-likeness (QED) is 0.0347. The van der Waals surface area contributed by atoms with Crippen LogP contribution in [-0.2, 0) is 19.1 Å². The SMILES string of the molecule is CC/C=C/CC(O)/C=C/C=C/CCCCCCCC(=O)O[C@@H](CO)COC(=O)CCCCCCCCCCCCCC(C)C. The first-order valence-electron chi connectivity index (χ1n) is 18.0. The molecule has 0 fully saturated rings. The molecule has 0 aromatic carbocycles. The highest BCUT2D eigenvalue weighted by atomic mass is 16.6. The van der Waals surface area contributed by atoms with Crippen molar-refractivity contribution in [2.45, 2.75) is 174 Å². The van der Waals surface area contributed by atoms with Crippen molar-refractivity contribution in [3.8, 4) is 0 Å². The van der Waals surface area contributed by atoms with Crippen molar-refractivity contribution >= 4 is 11.9 Å². The van der Waals surface area contributed by atoms with Gasteiger partial charge < -0.3 is 19.7 Å². The second-order valence-corrected chi connectivity index (χ2v) is 12.6. The smallest absolute Gasteiger partial charge is 0.306 e. The third-order valence-corrected chi connectivity index (χ3v) is 7.71. The van der Waals surface area contributed by atoms with E-state index < -0.39 is 12.2 Å². The molecule has 0 saturated heterocycles. The number of aliphatic hydroxyl groups is 2. The second-order valence-electron chi connectivity index (χ2n) is 12.6. The lowest BCUT2D eigenvalue weighted by molar-refractivity contribution is -0.161. The number of carbonyl (C=O) groups is 2. The molecular weight excluding hydrogens is 552 g/mol. The molecule has 0 aliphatic rings. The molecule has 0 spiro atoms. The molecule has 0 saturated carbocycles. The van der Waals surface area contributed by atoms with E-state index in [2.05, 4.69) is 32.9 Å². The summed E-state index contributed by atoms with van der Waals surface area (Å²) in [5.74, 6) is 0.183. The summed E-state index contributed by atoms with van der Waals surface area (Å²) in [7, 11) is 0. The van der Waals surface area contributed by atoms with E-state index in [4.69, 9.17) is 9.47 Å². The summed E-state index contributed by atoms with van der Waals surface area (Å²) in [5, 5.41) is 19.3. The van der Waals surface area contributed by atoms with Gasteiger partial charge in [-0.25, -0.2) is 0 Å². The summed E-state index contributed by atoms with van der Waals surface area (Å²) >= 11 is 0. The monoisotopic (exact) mass is 621 g/mol. The highest BCUT2D eigenvalue weighted by Crippen LogP contribution is 2.14. The fraction of sp³-hybridized carbons (Fsp3) is 0.789. The Kier molecular flexibility index (Phi) is 31.1. The van der Waals surface area contributed by atoms with E-state index in [0.717, 1.165) is 70.1 Å². The van der Waals surface area contributed by atoms with Gasteiger partial charge in [0, 0.05) is 12.8 Å². The van der Waals surface area contributed by atoms with Crippen molar-refractivity contribution in [3.63, 3.8) is 0 Å². The van der Waals surface area contributed by atoms with E-state index in [1.54, 1.807) is 0 Å². The van der Waals surface area contributed by atoms with Crippen molar-refractivity contribution in [1.29, 1.82) is 0 Å². The summed E-state index contributed by atoms with van der Waals surface area (Å²) in [6, 6.07) is 0. The summed E-state index contributed by atoms with van der Waals surface area (Å²) in [4.78, 5) is 24.2. The average molecular weight is 621 g/mol. The number of aliphatic hydroxyl groups excluding tert-OH is 2. The molecule has 0 aliphatic heterocycles. The van der Waals surface area contributed by atoms with Crippen molar-refractivity contribution in [3.05, 3.63) is 36.5 Å². The first-order chi connectivity index (χ1) is 21.4. The topological polar surface area (TPSA) is 93.1 Å². The number of hydrogen-bond acceptors (Lipinski definition) is 6. The van der Waals surface area contributed by atoms with E-state index >= 15 is 0 Å². The van der Waals surface area contributed by atoms with Gasteiger partial charge in [-0.05, 0) is 44.4 Å². The van der Waals surface area contributed by atoms with Crippen molar-refractivity contribution in [1.82, 2.24) is 0 Å². The normalized spacial score (nSPS) is 13.4. The third kappa shape index (κ3) is 31.5. The minimum Gasteiger partial charge on any atom is -0.462 e. The molecule has 6 heteroatoms. The zero-order valence-electron chi connectivity index (χ0n) is 28.7. The largest absolute Gasteiger partial charge is 0.462 e. The molecule has 0 heterocycles. The van der Waals surface area contributed by atoms with Crippen LogP contribution in [-0.4, -0.2) is 47.6 Å². The van der Waals surface area contributed by atoms with Gasteiger partial charge in [0.25, 0.3) is 0 Å². The molecule has 0 amide bonds. The van der Waals surface area contributed by atoms with E-state index in [-0.39, 0.29) is 25.2 Å². The molecule has 0 aromatic rings. The Balaban J connectivity index is 3.65. The molecule has 0 rings (SSSR count). The van der Waals surface area contributed by atoms with Crippen LogP contribution >= 0.6 is 0 Å². The molecule has 2 atom stereocenters. The Morgan fingerprint density at radius 3 is 1.80 bits per heavy atom. The summed E-state index contributed by atoms with van der Waals surface area (Å²) in [6.07, 6.45) is 33.9. The van der Waals surface area contributed by atoms with Gasteiger partial charge in [0.1, 0.15) is 6.61 Å². The minimum atomic E-state index is -0.795. The number of carbonyl (C=O) groups excluding carboxylic acids is 2. The van der Waals surface area contributed by atoms with Crippen LogP contribution in [0.4, 0.5) is 0 Å². The maximum absolute atomic E-state index is 12.1. The van der Waals surface area contributed by atoms with Gasteiger partial charge in [0.15, 0.2) is 6.10 Å². The van der Waals surface area contributed by atoms with E-state index in [0.29, 0.717) is 19.3 Å². The number of unbranched alkanes of at least 4 members (excludes halogenated alkanes) is 15. The Morgan fingerprint density at radius 2 is 1.23 bits per heavy atom. The molecule has 6 nitrogen and oxygen atoms in total. The molecule has 256 valence electrons. The van der Waals surface area contributed by atoms with Crippen LogP contribution in [0.15, 0.2) is 36.5 Å². The standard InChI is InChI=1S/C38H68O6/c1-4-5-22-28-35(40)29-24-19-15-11-9-13-17-21-26-31-38(42)44-36(32-39)33-43-37(41)30-25-20-16-12-8-6-7-10-14-18-23-27-34(2)3/h5,15,19,22,24,29,34-36,39-40H,4,6-14,16-18,20-21,23,25-28,30-33H2,1-3H3/b19-15+,22-5+,29-24+/t35?,36-/m0/s1. The Labute approximate surface area is 270 Å². The molecular formula is C38H68O6. The summed E-state index contributed by atoms with van der Waals surface area (Å²) in [6.45, 7) is 6.23. The number of rotatable bonds is 31. The van der Waals surface area contributed by atoms with E-state index in [9.17, 15) is 19.8 Å². The average Bonchev–Trinajstić information content (AvgIpc) is 3.00. The fourth-order valence-corrected chi connectivity index (χ4v) is 4.95. The molecule has 0 bridgehead atoms. The Morgan fingerprint density at radius 1 is 0.682 bits per heavy atom. The molecule has 1 unspecified atom stereocenters. The maximum atomic E-state index is 12.1. The van der Waals surface area contributed by atoms with Gasteiger partial charge >= 0.3 is 11.9 Å². The lowest BCUT2D eigenvalue weighted by Crippen LogP contribution is -2.28. The highest BCUT2D eigenvalue weighted by molar-refractivity contribution is 5.70. The summed E-state index contributed by atoms with van der Waals surface area (Å²) < 4.78 is 10.5. The number of allylic oxidation sites excluding steroid dienone is 4. The number of esters is 2. The lowest BCUT2D eigenvalue weighted by atomic mass is 10.0. The zero-order chi connectivity index (χ0) is 32.5. The lowest BCUT2D eigenvalue weighted by Gasteiger charge is -2.15. The Hall–Kier alpha value is -1.92. The van der Waals surface area contributed by atoms with Crippen molar-refractivity contribution < 1.29 is 29.3 Å². The van der Waals surface area contributed by atoms with Crippen LogP contribution in [0, 0.1) is 5.92 Å². The van der Waals surface area contributed by atoms with E-state index in [1.807, 2.05) is 24.3 Å². The molecule has 0 aromatic heterocycles. The Bertz CT molecular complexity index is 742. The predicted molar refractivity (Wildman–Crippen MR) is 183 cm³/mol. The van der Waals surface area contributed by atoms with E-state index in [1.165, 1.54) is 57.8 Å². The van der Waals surface area contributed by atoms with Crippen molar-refractivity contribution in [2.75, 3.05) is 13.2 Å². The highest BCUT2D eigenvalue weighted by Gasteiger charge is 2.16. The first-order valence-corrected chi connectivity index (χ1v) is 18.0. The second kappa shape index (κ2) is 32.5. The summed E-state index contributed by atoms with van der Waals surface area (Å²) in [5.41, 5.74) is 0. The van der Waals surface area contributed by atoms with Gasteiger partial charge in [0.05, 0.1) is 12.7 Å². The number of hydrogen-bond donors (Lipinski definition) is 2. The van der Waals surface area contributed by atoms with Crippen LogP contribution in [0.1, 0.15) is 162 Å². The van der Waals surface area contributed by atoms with Gasteiger partial charge in [-0.3, -0.25) is 9.59 Å². The van der Waals surface area contributed by atoms with Gasteiger partial charge in [-0.2, -0.15) is 0 Å². The van der Waals surface area contributed by atoms with Crippen LogP contribution in [0.5, 0.6) is 0 Å². The molecule has 44 heavy (non-hydrogen) atoms. The first kappa shape index (κ1) is 42.1. The van der Waals surface area contributed by atoms with Crippen LogP contribution in [0.2, 0.25) is 0 Å². The van der Waals surface area contributed by atoms with Gasteiger partial charge in [-0.15, -0.1) is 0 Å². The van der Waals surface area contributed by atoms with Gasteiger partial charge in [-0.1, -0.05) is 147 Å². The molecule has 0 radical (unpaired) electrons. The molecule has 2 N–H and O–H groups in total. The number of ether oxygens (including phenoxy) is 2.